The lowest BCUT2D eigenvalue weighted by Gasteiger charge is -2.37. The molecule has 0 radical (unpaired) electrons. The van der Waals surface area contributed by atoms with Crippen LogP contribution in [0.5, 0.6) is 0 Å². The minimum absolute atomic E-state index is 0.229. The van der Waals surface area contributed by atoms with Gasteiger partial charge in [0.05, 0.1) is 0 Å². The van der Waals surface area contributed by atoms with E-state index in [1.54, 1.807) is 0 Å². The molecule has 3 heteroatoms. The van der Waals surface area contributed by atoms with Gasteiger partial charge in [-0.2, -0.15) is 0 Å². The second-order valence-electron chi connectivity index (χ2n) is 6.31. The molecule has 17 heavy (non-hydrogen) atoms. The number of rotatable bonds is 3. The largest absolute Gasteiger partial charge is 0.396 e. The Morgan fingerprint density at radius 3 is 2.71 bits per heavy atom. The van der Waals surface area contributed by atoms with E-state index >= 15 is 0 Å². The summed E-state index contributed by atoms with van der Waals surface area (Å²) in [5.41, 5.74) is 0. The third-order valence-corrected chi connectivity index (χ3v) is 4.91. The molecule has 3 fully saturated rings. The Bertz CT molecular complexity index is 313. The van der Waals surface area contributed by atoms with Crippen LogP contribution in [0, 0.1) is 23.7 Å². The van der Waals surface area contributed by atoms with E-state index in [0.29, 0.717) is 29.7 Å². The third-order valence-electron chi connectivity index (χ3n) is 4.91. The Morgan fingerprint density at radius 1 is 1.29 bits per heavy atom. The van der Waals surface area contributed by atoms with Crippen molar-refractivity contribution in [3.63, 3.8) is 0 Å². The highest BCUT2D eigenvalue weighted by Gasteiger charge is 2.52. The van der Waals surface area contributed by atoms with Crippen LogP contribution in [0.4, 0.5) is 0 Å². The molecule has 4 unspecified atom stereocenters. The number of nitrogens with zero attached hydrogens (tertiary/aromatic N) is 1. The summed E-state index contributed by atoms with van der Waals surface area (Å²) in [5, 5.41) is 9.24. The van der Waals surface area contributed by atoms with Gasteiger partial charge in [-0.15, -0.1) is 0 Å². The van der Waals surface area contributed by atoms with Crippen LogP contribution in [0.1, 0.15) is 39.0 Å². The number of likely N-dealkylation sites (tertiary alicyclic amines) is 1. The molecule has 0 bridgehead atoms. The molecule has 1 amide bonds. The number of amides is 1. The monoisotopic (exact) mass is 237 g/mol. The third kappa shape index (κ3) is 2.22. The van der Waals surface area contributed by atoms with E-state index < -0.39 is 0 Å². The number of aliphatic hydroxyl groups is 1. The van der Waals surface area contributed by atoms with Gasteiger partial charge in [0, 0.05) is 25.1 Å². The van der Waals surface area contributed by atoms with Crippen molar-refractivity contribution in [3.8, 4) is 0 Å². The summed E-state index contributed by atoms with van der Waals surface area (Å²) in [6, 6.07) is 0.380. The molecule has 1 aliphatic heterocycles. The second kappa shape index (κ2) is 4.27. The summed E-state index contributed by atoms with van der Waals surface area (Å²) in [4.78, 5) is 14.5. The van der Waals surface area contributed by atoms with Crippen LogP contribution in [0.3, 0.4) is 0 Å². The van der Waals surface area contributed by atoms with Crippen molar-refractivity contribution in [1.29, 1.82) is 0 Å². The molecule has 0 spiro atoms. The highest BCUT2D eigenvalue weighted by Crippen LogP contribution is 2.55. The molecule has 3 nitrogen and oxygen atoms in total. The molecule has 1 N–H and O–H groups in total. The summed E-state index contributed by atoms with van der Waals surface area (Å²) in [6.45, 7) is 3.16. The van der Waals surface area contributed by atoms with Gasteiger partial charge < -0.3 is 10.0 Å². The first-order valence-corrected chi connectivity index (χ1v) is 7.12. The predicted molar refractivity (Wildman–Crippen MR) is 65.3 cm³/mol. The minimum atomic E-state index is 0.229. The number of hydrogen-bond donors (Lipinski definition) is 1. The Kier molecular flexibility index (Phi) is 2.89. The summed E-state index contributed by atoms with van der Waals surface area (Å²) in [7, 11) is 0. The fourth-order valence-corrected chi connectivity index (χ4v) is 3.40. The molecule has 2 aliphatic carbocycles. The quantitative estimate of drug-likeness (QED) is 0.811. The lowest BCUT2D eigenvalue weighted by atomic mass is 9.93. The van der Waals surface area contributed by atoms with E-state index in [0.717, 1.165) is 31.7 Å². The van der Waals surface area contributed by atoms with Crippen molar-refractivity contribution in [1.82, 2.24) is 4.90 Å². The molecule has 96 valence electrons. The maximum absolute atomic E-state index is 12.4. The van der Waals surface area contributed by atoms with E-state index in [1.807, 2.05) is 0 Å². The Labute approximate surface area is 103 Å². The van der Waals surface area contributed by atoms with Crippen LogP contribution in [-0.2, 0) is 4.79 Å². The van der Waals surface area contributed by atoms with E-state index in [1.165, 1.54) is 12.8 Å². The number of aliphatic hydroxyl groups excluding tert-OH is 1. The van der Waals surface area contributed by atoms with E-state index in [2.05, 4.69) is 11.8 Å². The van der Waals surface area contributed by atoms with Gasteiger partial charge in [0.1, 0.15) is 0 Å². The Hall–Kier alpha value is -0.570. The molecule has 3 aliphatic rings. The van der Waals surface area contributed by atoms with Gasteiger partial charge in [0.15, 0.2) is 0 Å². The van der Waals surface area contributed by atoms with Gasteiger partial charge >= 0.3 is 0 Å². The topological polar surface area (TPSA) is 40.5 Å². The fourth-order valence-electron chi connectivity index (χ4n) is 3.40. The molecule has 3 rings (SSSR count). The lowest BCUT2D eigenvalue weighted by Crippen LogP contribution is -2.47. The number of carbonyl (C=O) groups excluding carboxylic acids is 1. The second-order valence-corrected chi connectivity index (χ2v) is 6.31. The predicted octanol–water partition coefficient (Wildman–Crippen LogP) is 1.65. The number of carbonyl (C=O) groups is 1. The maximum Gasteiger partial charge on any atom is 0.226 e. The zero-order valence-electron chi connectivity index (χ0n) is 10.6. The Morgan fingerprint density at radius 2 is 2.06 bits per heavy atom. The zero-order chi connectivity index (χ0) is 12.0. The SMILES string of the molecule is CC1CCC(CO)CN1C(=O)C1CC1C1CC1. The molecular formula is C14H23NO2. The number of piperidine rings is 1. The summed E-state index contributed by atoms with van der Waals surface area (Å²) < 4.78 is 0. The van der Waals surface area contributed by atoms with Crippen LogP contribution < -0.4 is 0 Å². The van der Waals surface area contributed by atoms with E-state index in [-0.39, 0.29) is 6.61 Å². The number of hydrogen-bond acceptors (Lipinski definition) is 2. The van der Waals surface area contributed by atoms with E-state index in [9.17, 15) is 9.90 Å². The van der Waals surface area contributed by atoms with Crippen molar-refractivity contribution in [2.75, 3.05) is 13.2 Å². The normalized spacial score (nSPS) is 41.4. The van der Waals surface area contributed by atoms with Gasteiger partial charge in [0.25, 0.3) is 0 Å². The first kappa shape index (κ1) is 11.5. The molecule has 0 aromatic heterocycles. The minimum Gasteiger partial charge on any atom is -0.396 e. The lowest BCUT2D eigenvalue weighted by molar-refractivity contribution is -0.137. The van der Waals surface area contributed by atoms with Gasteiger partial charge in [0.2, 0.25) is 5.91 Å². The van der Waals surface area contributed by atoms with Gasteiger partial charge in [-0.1, -0.05) is 0 Å². The molecule has 1 heterocycles. The molecular weight excluding hydrogens is 214 g/mol. The molecule has 1 saturated heterocycles. The van der Waals surface area contributed by atoms with Gasteiger partial charge in [-0.05, 0) is 56.8 Å². The van der Waals surface area contributed by atoms with Crippen LogP contribution in [0.25, 0.3) is 0 Å². The zero-order valence-corrected chi connectivity index (χ0v) is 10.6. The standard InChI is InChI=1S/C14H23NO2/c1-9-2-3-10(8-16)7-15(9)14(17)13-6-12(13)11-4-5-11/h9-13,16H,2-8H2,1H3. The van der Waals surface area contributed by atoms with Crippen molar-refractivity contribution >= 4 is 5.91 Å². The van der Waals surface area contributed by atoms with Crippen LogP contribution in [0.15, 0.2) is 0 Å². The van der Waals surface area contributed by atoms with E-state index in [4.69, 9.17) is 0 Å². The Balaban J connectivity index is 1.59. The van der Waals surface area contributed by atoms with Gasteiger partial charge in [-0.25, -0.2) is 0 Å². The summed E-state index contributed by atoms with van der Waals surface area (Å²) >= 11 is 0. The highest BCUT2D eigenvalue weighted by atomic mass is 16.3. The molecule has 0 aromatic rings. The average Bonchev–Trinajstić information content (AvgIpc) is 3.17. The van der Waals surface area contributed by atoms with Crippen molar-refractivity contribution in [3.05, 3.63) is 0 Å². The van der Waals surface area contributed by atoms with Gasteiger partial charge in [-0.3, -0.25) is 4.79 Å². The van der Waals surface area contributed by atoms with Crippen molar-refractivity contribution < 1.29 is 9.90 Å². The highest BCUT2D eigenvalue weighted by molar-refractivity contribution is 5.82. The van der Waals surface area contributed by atoms with Crippen molar-refractivity contribution in [2.45, 2.75) is 45.1 Å². The summed E-state index contributed by atoms with van der Waals surface area (Å²) in [5.74, 6) is 2.62. The fraction of sp³-hybridized carbons (Fsp3) is 0.929. The average molecular weight is 237 g/mol. The molecule has 4 atom stereocenters. The van der Waals surface area contributed by atoms with Crippen molar-refractivity contribution in [2.24, 2.45) is 23.7 Å². The maximum atomic E-state index is 12.4. The summed E-state index contributed by atoms with van der Waals surface area (Å²) in [6.07, 6.45) is 5.96. The van der Waals surface area contributed by atoms with Crippen LogP contribution >= 0.6 is 0 Å². The smallest absolute Gasteiger partial charge is 0.226 e. The molecule has 2 saturated carbocycles. The first-order chi connectivity index (χ1) is 8.20. The van der Waals surface area contributed by atoms with Crippen LogP contribution in [-0.4, -0.2) is 35.1 Å². The molecule has 0 aromatic carbocycles. The van der Waals surface area contributed by atoms with Crippen LogP contribution in [0.2, 0.25) is 0 Å². The first-order valence-electron chi connectivity index (χ1n) is 7.12.